The molecule has 84 valence electrons. The highest BCUT2D eigenvalue weighted by molar-refractivity contribution is 5.17. The third-order valence-corrected chi connectivity index (χ3v) is 2.56. The van der Waals surface area contributed by atoms with E-state index in [1.807, 2.05) is 6.20 Å². The number of rotatable bonds is 0. The zero-order chi connectivity index (χ0) is 11.1. The second-order valence-electron chi connectivity index (χ2n) is 4.40. The minimum Gasteiger partial charge on any atom is -0.245 e. The number of nitrogens with zero attached hydrogens (tertiary/aromatic N) is 2. The van der Waals surface area contributed by atoms with Crippen molar-refractivity contribution in [1.29, 1.82) is 0 Å². The first-order chi connectivity index (χ1) is 7.27. The maximum absolute atomic E-state index is 4.30. The average Bonchev–Trinajstić information content (AvgIpc) is 2.39. The number of hydrogen-bond donors (Lipinski definition) is 0. The van der Waals surface area contributed by atoms with Crippen LogP contribution < -0.4 is 0 Å². The molecule has 2 rings (SSSR count). The summed E-state index contributed by atoms with van der Waals surface area (Å²) in [7, 11) is 0. The molecule has 1 unspecified atom stereocenters. The first-order valence-electron chi connectivity index (χ1n) is 6.05. The zero-order valence-corrected chi connectivity index (χ0v) is 10.2. The van der Waals surface area contributed by atoms with E-state index in [-0.39, 0.29) is 0 Å². The van der Waals surface area contributed by atoms with Crippen molar-refractivity contribution in [2.75, 3.05) is 0 Å². The van der Waals surface area contributed by atoms with Crippen molar-refractivity contribution < 1.29 is 0 Å². The largest absolute Gasteiger partial charge is 0.245 e. The highest BCUT2D eigenvalue weighted by Crippen LogP contribution is 2.21. The lowest BCUT2D eigenvalue weighted by atomic mass is 10.0. The molecule has 1 aromatic heterocycles. The van der Waals surface area contributed by atoms with Crippen LogP contribution in [-0.4, -0.2) is 9.97 Å². The molecule has 0 radical (unpaired) electrons. The maximum atomic E-state index is 4.30. The summed E-state index contributed by atoms with van der Waals surface area (Å²) in [6.07, 6.45) is 9.80. The van der Waals surface area contributed by atoms with Gasteiger partial charge in [-0.15, -0.1) is 0 Å². The predicted octanol–water partition coefficient (Wildman–Crippen LogP) is 3.41. The summed E-state index contributed by atoms with van der Waals surface area (Å²) in [6, 6.07) is 0. The van der Waals surface area contributed by atoms with Gasteiger partial charge < -0.3 is 0 Å². The van der Waals surface area contributed by atoms with E-state index < -0.39 is 0 Å². The summed E-state index contributed by atoms with van der Waals surface area (Å²) in [4.78, 5) is 8.37. The number of aromatic nitrogens is 2. The van der Waals surface area contributed by atoms with Crippen LogP contribution in [0.1, 0.15) is 51.3 Å². The van der Waals surface area contributed by atoms with E-state index >= 15 is 0 Å². The molecular formula is C13H22N2. The Morgan fingerprint density at radius 1 is 1.40 bits per heavy atom. The summed E-state index contributed by atoms with van der Waals surface area (Å²) >= 11 is 0. The van der Waals surface area contributed by atoms with Crippen molar-refractivity contribution in [2.24, 2.45) is 5.92 Å². The SMILES string of the molecule is CC1CCCc2ncncc2C1.CCC. The van der Waals surface area contributed by atoms with Gasteiger partial charge >= 0.3 is 0 Å². The van der Waals surface area contributed by atoms with E-state index in [0.29, 0.717) is 0 Å². The van der Waals surface area contributed by atoms with Gasteiger partial charge in [-0.3, -0.25) is 0 Å². The number of aryl methyl sites for hydroxylation is 1. The third-order valence-electron chi connectivity index (χ3n) is 2.56. The van der Waals surface area contributed by atoms with Crippen molar-refractivity contribution in [3.05, 3.63) is 23.8 Å². The minimum atomic E-state index is 0.803. The van der Waals surface area contributed by atoms with Crippen LogP contribution in [0.3, 0.4) is 0 Å². The molecule has 1 aliphatic rings. The molecule has 0 spiro atoms. The van der Waals surface area contributed by atoms with E-state index in [9.17, 15) is 0 Å². The van der Waals surface area contributed by atoms with Crippen LogP contribution >= 0.6 is 0 Å². The smallest absolute Gasteiger partial charge is 0.115 e. The molecule has 1 heterocycles. The fourth-order valence-electron chi connectivity index (χ4n) is 1.87. The van der Waals surface area contributed by atoms with Crippen LogP contribution in [-0.2, 0) is 12.8 Å². The summed E-state index contributed by atoms with van der Waals surface area (Å²) in [5, 5.41) is 0. The Balaban J connectivity index is 0.000000337. The molecule has 1 aromatic rings. The summed E-state index contributed by atoms with van der Waals surface area (Å²) in [5.41, 5.74) is 2.64. The van der Waals surface area contributed by atoms with Gasteiger partial charge in [0.05, 0.1) is 0 Å². The Morgan fingerprint density at radius 2 is 2.13 bits per heavy atom. The van der Waals surface area contributed by atoms with Crippen molar-refractivity contribution in [3.63, 3.8) is 0 Å². The van der Waals surface area contributed by atoms with Gasteiger partial charge in [0, 0.05) is 11.9 Å². The van der Waals surface area contributed by atoms with Crippen LogP contribution in [0, 0.1) is 5.92 Å². The van der Waals surface area contributed by atoms with Crippen molar-refractivity contribution >= 4 is 0 Å². The molecule has 0 saturated carbocycles. The first-order valence-corrected chi connectivity index (χ1v) is 6.05. The number of hydrogen-bond acceptors (Lipinski definition) is 2. The van der Waals surface area contributed by atoms with E-state index in [0.717, 1.165) is 18.8 Å². The standard InChI is InChI=1S/C10H14N2.C3H8/c1-8-3-2-4-10-9(5-8)6-11-7-12-10;1-3-2/h6-8H,2-5H2,1H3;3H2,1-2H3. The van der Waals surface area contributed by atoms with Crippen molar-refractivity contribution in [1.82, 2.24) is 9.97 Å². The second-order valence-corrected chi connectivity index (χ2v) is 4.40. The summed E-state index contributed by atoms with van der Waals surface area (Å²) < 4.78 is 0. The van der Waals surface area contributed by atoms with Gasteiger partial charge in [-0.05, 0) is 30.7 Å². The second kappa shape index (κ2) is 6.54. The molecule has 0 aliphatic heterocycles. The van der Waals surface area contributed by atoms with Crippen molar-refractivity contribution in [3.8, 4) is 0 Å². The van der Waals surface area contributed by atoms with Crippen LogP contribution in [0.25, 0.3) is 0 Å². The Morgan fingerprint density at radius 3 is 2.87 bits per heavy atom. The van der Waals surface area contributed by atoms with E-state index in [1.54, 1.807) is 6.33 Å². The Kier molecular flexibility index (Phi) is 5.30. The number of fused-ring (bicyclic) bond motifs is 1. The Hall–Kier alpha value is -0.920. The predicted molar refractivity (Wildman–Crippen MR) is 63.8 cm³/mol. The van der Waals surface area contributed by atoms with Gasteiger partial charge in [-0.25, -0.2) is 9.97 Å². The van der Waals surface area contributed by atoms with Crippen LogP contribution in [0.2, 0.25) is 0 Å². The highest BCUT2D eigenvalue weighted by atomic mass is 14.8. The molecular weight excluding hydrogens is 184 g/mol. The van der Waals surface area contributed by atoms with E-state index in [2.05, 4.69) is 30.7 Å². The average molecular weight is 206 g/mol. The molecule has 0 aromatic carbocycles. The Labute approximate surface area is 93.2 Å². The van der Waals surface area contributed by atoms with Gasteiger partial charge in [0.2, 0.25) is 0 Å². The molecule has 1 aliphatic carbocycles. The summed E-state index contributed by atoms with van der Waals surface area (Å²) in [6.45, 7) is 6.56. The fraction of sp³-hybridized carbons (Fsp3) is 0.692. The lowest BCUT2D eigenvalue weighted by Gasteiger charge is -2.05. The van der Waals surface area contributed by atoms with Crippen molar-refractivity contribution in [2.45, 2.75) is 52.9 Å². The fourth-order valence-corrected chi connectivity index (χ4v) is 1.87. The molecule has 0 fully saturated rings. The molecule has 0 bridgehead atoms. The minimum absolute atomic E-state index is 0.803. The van der Waals surface area contributed by atoms with Gasteiger partial charge in [-0.1, -0.05) is 33.6 Å². The van der Waals surface area contributed by atoms with Crippen LogP contribution in [0.15, 0.2) is 12.5 Å². The molecule has 2 heteroatoms. The van der Waals surface area contributed by atoms with E-state index in [1.165, 1.54) is 30.5 Å². The molecule has 0 saturated heterocycles. The quantitative estimate of drug-likeness (QED) is 0.608. The lowest BCUT2D eigenvalue weighted by molar-refractivity contribution is 0.526. The maximum Gasteiger partial charge on any atom is 0.115 e. The van der Waals surface area contributed by atoms with Gasteiger partial charge in [0.25, 0.3) is 0 Å². The Bertz CT molecular complexity index is 284. The molecule has 15 heavy (non-hydrogen) atoms. The molecule has 0 amide bonds. The molecule has 0 N–H and O–H groups in total. The topological polar surface area (TPSA) is 25.8 Å². The highest BCUT2D eigenvalue weighted by Gasteiger charge is 2.13. The summed E-state index contributed by atoms with van der Waals surface area (Å²) in [5.74, 6) is 0.803. The van der Waals surface area contributed by atoms with Gasteiger partial charge in [0.1, 0.15) is 6.33 Å². The van der Waals surface area contributed by atoms with Crippen LogP contribution in [0.4, 0.5) is 0 Å². The monoisotopic (exact) mass is 206 g/mol. The third kappa shape index (κ3) is 3.98. The van der Waals surface area contributed by atoms with E-state index in [4.69, 9.17) is 0 Å². The van der Waals surface area contributed by atoms with Gasteiger partial charge in [0.15, 0.2) is 0 Å². The van der Waals surface area contributed by atoms with Crippen LogP contribution in [0.5, 0.6) is 0 Å². The molecule has 2 nitrogen and oxygen atoms in total. The first kappa shape index (κ1) is 12.2. The molecule has 1 atom stereocenters. The lowest BCUT2D eigenvalue weighted by Crippen LogP contribution is -1.99. The normalized spacial score (nSPS) is 19.5. The van der Waals surface area contributed by atoms with Gasteiger partial charge in [-0.2, -0.15) is 0 Å². The zero-order valence-electron chi connectivity index (χ0n) is 10.2.